The average molecular weight is 303 g/mol. The van der Waals surface area contributed by atoms with Gasteiger partial charge in [0.05, 0.1) is 0 Å². The Balaban J connectivity index is 1.83. The number of piperidine rings is 2. The Morgan fingerprint density at radius 2 is 1.85 bits per heavy atom. The second-order valence-corrected chi connectivity index (χ2v) is 8.05. The Bertz CT molecular complexity index is 391. The van der Waals surface area contributed by atoms with Gasteiger partial charge in [-0.05, 0) is 57.7 Å². The van der Waals surface area contributed by atoms with E-state index in [-0.39, 0.29) is 6.04 Å². The zero-order chi connectivity index (χ0) is 14.6. The van der Waals surface area contributed by atoms with E-state index >= 15 is 0 Å². The van der Waals surface area contributed by atoms with E-state index < -0.39 is 10.2 Å². The summed E-state index contributed by atoms with van der Waals surface area (Å²) in [4.78, 5) is 2.42. The molecule has 2 saturated heterocycles. The molecule has 0 saturated carbocycles. The second-order valence-electron chi connectivity index (χ2n) is 6.34. The maximum absolute atomic E-state index is 12.4. The third-order valence-electron chi connectivity index (χ3n) is 4.40. The summed E-state index contributed by atoms with van der Waals surface area (Å²) in [6, 6.07) is 0.116. The van der Waals surface area contributed by atoms with E-state index in [2.05, 4.69) is 23.5 Å². The summed E-state index contributed by atoms with van der Waals surface area (Å²) in [5.41, 5.74) is 0. The summed E-state index contributed by atoms with van der Waals surface area (Å²) in [7, 11) is -3.28. The molecule has 0 aromatic carbocycles. The van der Waals surface area contributed by atoms with Crippen LogP contribution in [0.5, 0.6) is 0 Å². The van der Waals surface area contributed by atoms with Crippen molar-refractivity contribution in [2.75, 3.05) is 32.7 Å². The molecule has 0 aromatic rings. The maximum atomic E-state index is 12.4. The minimum Gasteiger partial charge on any atom is -0.303 e. The van der Waals surface area contributed by atoms with Crippen molar-refractivity contribution in [2.45, 2.75) is 52.0 Å². The number of likely N-dealkylation sites (tertiary alicyclic amines) is 1. The van der Waals surface area contributed by atoms with Gasteiger partial charge >= 0.3 is 0 Å². The van der Waals surface area contributed by atoms with Crippen LogP contribution in [-0.2, 0) is 10.2 Å². The first-order chi connectivity index (χ1) is 9.51. The van der Waals surface area contributed by atoms with E-state index in [1.54, 1.807) is 4.31 Å². The molecule has 5 nitrogen and oxygen atoms in total. The van der Waals surface area contributed by atoms with Crippen molar-refractivity contribution in [1.82, 2.24) is 13.9 Å². The van der Waals surface area contributed by atoms with Crippen LogP contribution in [0.2, 0.25) is 0 Å². The molecular formula is C14H29N3O2S. The van der Waals surface area contributed by atoms with E-state index in [4.69, 9.17) is 0 Å². The van der Waals surface area contributed by atoms with Gasteiger partial charge in [-0.15, -0.1) is 0 Å². The van der Waals surface area contributed by atoms with Gasteiger partial charge in [0, 0.05) is 19.1 Å². The molecule has 0 bridgehead atoms. The highest BCUT2D eigenvalue weighted by Crippen LogP contribution is 2.19. The third-order valence-corrected chi connectivity index (χ3v) is 6.05. The van der Waals surface area contributed by atoms with Gasteiger partial charge in [-0.3, -0.25) is 0 Å². The van der Waals surface area contributed by atoms with Gasteiger partial charge < -0.3 is 4.90 Å². The summed E-state index contributed by atoms with van der Waals surface area (Å²) in [6.45, 7) is 8.81. The van der Waals surface area contributed by atoms with Gasteiger partial charge in [-0.25, -0.2) is 0 Å². The highest BCUT2D eigenvalue weighted by atomic mass is 32.2. The van der Waals surface area contributed by atoms with Gasteiger partial charge in [0.2, 0.25) is 0 Å². The molecule has 0 aromatic heterocycles. The molecule has 1 N–H and O–H groups in total. The van der Waals surface area contributed by atoms with E-state index in [0.717, 1.165) is 45.3 Å². The van der Waals surface area contributed by atoms with Crippen LogP contribution in [0.15, 0.2) is 0 Å². The standard InChI is InChI=1S/C14H29N3O2S/c1-3-8-16-10-6-14(7-11-16)15-20(18,19)17-9-4-5-13(2)12-17/h13-15H,3-12H2,1-2H3/t13-/m0/s1. The van der Waals surface area contributed by atoms with E-state index in [0.29, 0.717) is 19.0 Å². The molecule has 2 rings (SSSR count). The molecule has 118 valence electrons. The van der Waals surface area contributed by atoms with Gasteiger partial charge in [-0.2, -0.15) is 17.4 Å². The van der Waals surface area contributed by atoms with Crippen LogP contribution in [0.4, 0.5) is 0 Å². The summed E-state index contributed by atoms with van der Waals surface area (Å²) >= 11 is 0. The first kappa shape index (κ1) is 16.2. The van der Waals surface area contributed by atoms with Crippen LogP contribution >= 0.6 is 0 Å². The van der Waals surface area contributed by atoms with Crippen molar-refractivity contribution in [2.24, 2.45) is 5.92 Å². The number of rotatable bonds is 5. The molecule has 0 aliphatic carbocycles. The molecular weight excluding hydrogens is 274 g/mol. The molecule has 0 unspecified atom stereocenters. The third kappa shape index (κ3) is 4.41. The van der Waals surface area contributed by atoms with Crippen LogP contribution < -0.4 is 4.72 Å². The fourth-order valence-electron chi connectivity index (χ4n) is 3.24. The van der Waals surface area contributed by atoms with Gasteiger partial charge in [-0.1, -0.05) is 13.8 Å². The van der Waals surface area contributed by atoms with Crippen molar-refractivity contribution < 1.29 is 8.42 Å². The Morgan fingerprint density at radius 3 is 2.45 bits per heavy atom. The lowest BCUT2D eigenvalue weighted by Gasteiger charge is -2.35. The van der Waals surface area contributed by atoms with E-state index in [9.17, 15) is 8.42 Å². The van der Waals surface area contributed by atoms with E-state index in [1.807, 2.05) is 0 Å². The molecule has 0 spiro atoms. The van der Waals surface area contributed by atoms with Crippen LogP contribution in [0.1, 0.15) is 46.0 Å². The lowest BCUT2D eigenvalue weighted by Crippen LogP contribution is -2.51. The Labute approximate surface area is 123 Å². The summed E-state index contributed by atoms with van der Waals surface area (Å²) in [5.74, 6) is 0.478. The van der Waals surface area contributed by atoms with Crippen molar-refractivity contribution in [3.8, 4) is 0 Å². The quantitative estimate of drug-likeness (QED) is 0.836. The van der Waals surface area contributed by atoms with Crippen LogP contribution in [-0.4, -0.2) is 56.4 Å². The Morgan fingerprint density at radius 1 is 1.15 bits per heavy atom. The van der Waals surface area contributed by atoms with Crippen molar-refractivity contribution in [3.63, 3.8) is 0 Å². The monoisotopic (exact) mass is 303 g/mol. The molecule has 0 radical (unpaired) electrons. The predicted octanol–water partition coefficient (Wildman–Crippen LogP) is 1.43. The van der Waals surface area contributed by atoms with Crippen LogP contribution in [0, 0.1) is 5.92 Å². The lowest BCUT2D eigenvalue weighted by atomic mass is 10.0. The zero-order valence-electron chi connectivity index (χ0n) is 12.8. The summed E-state index contributed by atoms with van der Waals surface area (Å²) < 4.78 is 29.4. The van der Waals surface area contributed by atoms with Gasteiger partial charge in [0.15, 0.2) is 0 Å². The highest BCUT2D eigenvalue weighted by molar-refractivity contribution is 7.87. The highest BCUT2D eigenvalue weighted by Gasteiger charge is 2.30. The van der Waals surface area contributed by atoms with Crippen molar-refractivity contribution >= 4 is 10.2 Å². The fourth-order valence-corrected chi connectivity index (χ4v) is 4.87. The number of hydrogen-bond acceptors (Lipinski definition) is 3. The minimum absolute atomic E-state index is 0.116. The van der Waals surface area contributed by atoms with Gasteiger partial charge in [0.25, 0.3) is 10.2 Å². The molecule has 1 atom stereocenters. The second kappa shape index (κ2) is 7.20. The van der Waals surface area contributed by atoms with Crippen LogP contribution in [0.25, 0.3) is 0 Å². The molecule has 2 heterocycles. The lowest BCUT2D eigenvalue weighted by molar-refractivity contribution is 0.204. The minimum atomic E-state index is -3.28. The summed E-state index contributed by atoms with van der Waals surface area (Å²) in [5, 5.41) is 0. The zero-order valence-corrected chi connectivity index (χ0v) is 13.7. The fraction of sp³-hybridized carbons (Fsp3) is 1.00. The largest absolute Gasteiger partial charge is 0.303 e. The number of nitrogens with zero attached hydrogens (tertiary/aromatic N) is 2. The molecule has 2 fully saturated rings. The van der Waals surface area contributed by atoms with Crippen molar-refractivity contribution in [1.29, 1.82) is 0 Å². The Hall–Kier alpha value is -0.170. The first-order valence-corrected chi connectivity index (χ1v) is 9.45. The molecule has 20 heavy (non-hydrogen) atoms. The van der Waals surface area contributed by atoms with Crippen molar-refractivity contribution in [3.05, 3.63) is 0 Å². The SMILES string of the molecule is CCCN1CCC(NS(=O)(=O)N2CCC[C@H](C)C2)CC1. The number of nitrogens with one attached hydrogen (secondary N) is 1. The number of hydrogen-bond donors (Lipinski definition) is 1. The first-order valence-electron chi connectivity index (χ1n) is 8.01. The maximum Gasteiger partial charge on any atom is 0.279 e. The smallest absolute Gasteiger partial charge is 0.279 e. The van der Waals surface area contributed by atoms with Crippen LogP contribution in [0.3, 0.4) is 0 Å². The molecule has 2 aliphatic heterocycles. The van der Waals surface area contributed by atoms with E-state index in [1.165, 1.54) is 6.42 Å². The average Bonchev–Trinajstić information content (AvgIpc) is 2.41. The summed E-state index contributed by atoms with van der Waals surface area (Å²) in [6.07, 6.45) is 5.16. The molecule has 0 amide bonds. The molecule has 2 aliphatic rings. The topological polar surface area (TPSA) is 52.7 Å². The normalized spacial score (nSPS) is 27.8. The predicted molar refractivity (Wildman–Crippen MR) is 81.8 cm³/mol. The van der Waals surface area contributed by atoms with Gasteiger partial charge in [0.1, 0.15) is 0 Å². The Kier molecular flexibility index (Phi) is 5.84. The molecule has 6 heteroatoms.